The normalized spacial score (nSPS) is 10.5. The molecule has 10 heteroatoms. The molecule has 0 fully saturated rings. The van der Waals surface area contributed by atoms with E-state index in [4.69, 9.17) is 33.3 Å². The van der Waals surface area contributed by atoms with Gasteiger partial charge in [0.25, 0.3) is 11.8 Å². The zero-order chi connectivity index (χ0) is 22.4. The standard InChI is InChI=1S/C21H20ClN3O4S2/c1-28-10-9-23-19(26)13-5-3-4-6-15(13)24-21(30)25-20(27)18-17(22)14-8-7-12(29-2)11-16(14)31-18/h3-8,11H,9-10H2,1-2H3,(H,23,26)(H2,24,25,27,30). The number of rotatable bonds is 7. The van der Waals surface area contributed by atoms with Gasteiger partial charge in [-0.2, -0.15) is 0 Å². The molecule has 0 spiro atoms. The van der Waals surface area contributed by atoms with Crippen LogP contribution >= 0.6 is 35.2 Å². The van der Waals surface area contributed by atoms with E-state index in [-0.39, 0.29) is 11.0 Å². The van der Waals surface area contributed by atoms with Crippen molar-refractivity contribution in [1.29, 1.82) is 0 Å². The number of nitrogens with one attached hydrogen (secondary N) is 3. The fourth-order valence-electron chi connectivity index (χ4n) is 2.78. The molecule has 7 nitrogen and oxygen atoms in total. The van der Waals surface area contributed by atoms with Gasteiger partial charge in [-0.3, -0.25) is 14.9 Å². The lowest BCUT2D eigenvalue weighted by Gasteiger charge is -2.13. The van der Waals surface area contributed by atoms with Crippen molar-refractivity contribution in [2.45, 2.75) is 0 Å². The van der Waals surface area contributed by atoms with Crippen LogP contribution in [-0.4, -0.2) is 44.3 Å². The van der Waals surface area contributed by atoms with Crippen LogP contribution in [0.2, 0.25) is 5.02 Å². The topological polar surface area (TPSA) is 88.7 Å². The Morgan fingerprint density at radius 3 is 2.65 bits per heavy atom. The van der Waals surface area contributed by atoms with E-state index in [1.54, 1.807) is 50.6 Å². The van der Waals surface area contributed by atoms with E-state index >= 15 is 0 Å². The summed E-state index contributed by atoms with van der Waals surface area (Å²) in [5, 5.41) is 9.43. The van der Waals surface area contributed by atoms with Crippen LogP contribution in [0.4, 0.5) is 5.69 Å². The first-order chi connectivity index (χ1) is 14.9. The van der Waals surface area contributed by atoms with Crippen LogP contribution in [0, 0.1) is 0 Å². The van der Waals surface area contributed by atoms with Gasteiger partial charge >= 0.3 is 0 Å². The summed E-state index contributed by atoms with van der Waals surface area (Å²) in [4.78, 5) is 25.5. The van der Waals surface area contributed by atoms with Gasteiger partial charge in [0, 0.05) is 23.7 Å². The highest BCUT2D eigenvalue weighted by atomic mass is 35.5. The molecule has 0 aliphatic heterocycles. The van der Waals surface area contributed by atoms with E-state index in [1.807, 2.05) is 6.07 Å². The van der Waals surface area contributed by atoms with Crippen molar-refractivity contribution in [1.82, 2.24) is 10.6 Å². The summed E-state index contributed by atoms with van der Waals surface area (Å²) in [6, 6.07) is 12.3. The van der Waals surface area contributed by atoms with Gasteiger partial charge in [0.1, 0.15) is 10.6 Å². The van der Waals surface area contributed by atoms with Gasteiger partial charge < -0.3 is 20.1 Å². The van der Waals surface area contributed by atoms with Gasteiger partial charge in [0.05, 0.1) is 30.0 Å². The average molecular weight is 478 g/mol. The van der Waals surface area contributed by atoms with Crippen LogP contribution in [0.25, 0.3) is 10.1 Å². The maximum atomic E-state index is 12.7. The molecular weight excluding hydrogens is 458 g/mol. The zero-order valence-electron chi connectivity index (χ0n) is 16.8. The van der Waals surface area contributed by atoms with Gasteiger partial charge in [-0.15, -0.1) is 11.3 Å². The highest BCUT2D eigenvalue weighted by Crippen LogP contribution is 2.37. The van der Waals surface area contributed by atoms with Gasteiger partial charge in [-0.25, -0.2) is 0 Å². The summed E-state index contributed by atoms with van der Waals surface area (Å²) in [5.41, 5.74) is 0.858. The number of benzene rings is 2. The highest BCUT2D eigenvalue weighted by molar-refractivity contribution is 7.80. The highest BCUT2D eigenvalue weighted by Gasteiger charge is 2.19. The van der Waals surface area contributed by atoms with E-state index in [1.165, 1.54) is 11.3 Å². The minimum absolute atomic E-state index is 0.0493. The van der Waals surface area contributed by atoms with E-state index in [9.17, 15) is 9.59 Å². The van der Waals surface area contributed by atoms with Crippen LogP contribution in [0.5, 0.6) is 5.75 Å². The van der Waals surface area contributed by atoms with Crippen LogP contribution in [0.15, 0.2) is 42.5 Å². The Hall–Kier alpha value is -2.72. The SMILES string of the molecule is COCCNC(=O)c1ccccc1NC(=S)NC(=O)c1sc2cc(OC)ccc2c1Cl. The van der Waals surface area contributed by atoms with Crippen LogP contribution in [0.1, 0.15) is 20.0 Å². The molecule has 0 unspecified atom stereocenters. The van der Waals surface area contributed by atoms with Crippen molar-refractivity contribution in [3.05, 3.63) is 57.9 Å². The number of carbonyl (C=O) groups excluding carboxylic acids is 2. The van der Waals surface area contributed by atoms with Crippen molar-refractivity contribution in [2.24, 2.45) is 0 Å². The average Bonchev–Trinajstić information content (AvgIpc) is 3.10. The maximum absolute atomic E-state index is 12.7. The molecule has 2 aromatic carbocycles. The summed E-state index contributed by atoms with van der Waals surface area (Å²) >= 11 is 12.9. The number of para-hydroxylation sites is 1. The molecule has 1 aromatic heterocycles. The van der Waals surface area contributed by atoms with Gasteiger partial charge in [0.2, 0.25) is 0 Å². The quantitative estimate of drug-likeness (QED) is 0.351. The van der Waals surface area contributed by atoms with Gasteiger partial charge in [-0.1, -0.05) is 23.7 Å². The number of amides is 2. The molecule has 0 saturated heterocycles. The predicted octanol–water partition coefficient (Wildman–Crippen LogP) is 4.07. The second-order valence-corrected chi connectivity index (χ2v) is 8.15. The lowest BCUT2D eigenvalue weighted by Crippen LogP contribution is -2.35. The monoisotopic (exact) mass is 477 g/mol. The third kappa shape index (κ3) is 5.50. The third-order valence-electron chi connectivity index (χ3n) is 4.28. The molecule has 3 aromatic rings. The summed E-state index contributed by atoms with van der Waals surface area (Å²) in [6.07, 6.45) is 0. The number of halogens is 1. The van der Waals surface area contributed by atoms with Crippen molar-refractivity contribution in [3.8, 4) is 5.75 Å². The van der Waals surface area contributed by atoms with Crippen molar-refractivity contribution in [2.75, 3.05) is 32.7 Å². The molecule has 162 valence electrons. The van der Waals surface area contributed by atoms with E-state index in [0.717, 1.165) is 10.1 Å². The Labute approximate surface area is 193 Å². The first-order valence-electron chi connectivity index (χ1n) is 9.19. The smallest absolute Gasteiger partial charge is 0.269 e. The molecule has 0 aliphatic rings. The Morgan fingerprint density at radius 2 is 1.90 bits per heavy atom. The molecule has 2 amide bonds. The maximum Gasteiger partial charge on any atom is 0.269 e. The van der Waals surface area contributed by atoms with Gasteiger partial charge in [0.15, 0.2) is 5.11 Å². The number of fused-ring (bicyclic) bond motifs is 1. The number of hydrogen-bond donors (Lipinski definition) is 3. The second kappa shape index (κ2) is 10.5. The first kappa shape index (κ1) is 23.0. The second-order valence-electron chi connectivity index (χ2n) is 6.31. The molecular formula is C21H20ClN3O4S2. The number of anilines is 1. The van der Waals surface area contributed by atoms with Crippen molar-refractivity contribution < 1.29 is 19.1 Å². The molecule has 3 N–H and O–H groups in total. The fraction of sp³-hybridized carbons (Fsp3) is 0.190. The van der Waals surface area contributed by atoms with Crippen molar-refractivity contribution in [3.63, 3.8) is 0 Å². The zero-order valence-corrected chi connectivity index (χ0v) is 19.2. The first-order valence-corrected chi connectivity index (χ1v) is 10.8. The van der Waals surface area contributed by atoms with Crippen LogP contribution in [-0.2, 0) is 4.74 Å². The number of thiocarbonyl (C=S) groups is 1. The number of methoxy groups -OCH3 is 2. The molecule has 1 heterocycles. The fourth-order valence-corrected chi connectivity index (χ4v) is 4.43. The van der Waals surface area contributed by atoms with Gasteiger partial charge in [-0.05, 0) is 42.5 Å². The minimum atomic E-state index is -0.440. The van der Waals surface area contributed by atoms with E-state index in [2.05, 4.69) is 16.0 Å². The molecule has 0 radical (unpaired) electrons. The summed E-state index contributed by atoms with van der Waals surface area (Å²) < 4.78 is 11.0. The largest absolute Gasteiger partial charge is 0.497 e. The molecule has 31 heavy (non-hydrogen) atoms. The Kier molecular flexibility index (Phi) is 7.80. The minimum Gasteiger partial charge on any atom is -0.497 e. The van der Waals surface area contributed by atoms with Crippen LogP contribution in [0.3, 0.4) is 0 Å². The lowest BCUT2D eigenvalue weighted by molar-refractivity contribution is 0.0937. The van der Waals surface area contributed by atoms with Crippen LogP contribution < -0.4 is 20.7 Å². The number of ether oxygens (including phenoxy) is 2. The molecule has 0 bridgehead atoms. The summed E-state index contributed by atoms with van der Waals surface area (Å²) in [5.74, 6) is -0.0459. The molecule has 0 atom stereocenters. The number of thiophene rings is 1. The molecule has 0 saturated carbocycles. The summed E-state index contributed by atoms with van der Waals surface area (Å²) in [7, 11) is 3.13. The van der Waals surface area contributed by atoms with E-state index in [0.29, 0.717) is 40.1 Å². The van der Waals surface area contributed by atoms with E-state index < -0.39 is 5.91 Å². The number of hydrogen-bond acceptors (Lipinski definition) is 6. The number of carbonyl (C=O) groups is 2. The Balaban J connectivity index is 1.72. The third-order valence-corrected chi connectivity index (χ3v) is 6.14. The Morgan fingerprint density at radius 1 is 1.13 bits per heavy atom. The Bertz CT molecular complexity index is 1130. The molecule has 0 aliphatic carbocycles. The molecule has 3 rings (SSSR count). The van der Waals surface area contributed by atoms with Crippen molar-refractivity contribution >= 4 is 67.9 Å². The predicted molar refractivity (Wildman–Crippen MR) is 128 cm³/mol. The summed E-state index contributed by atoms with van der Waals surface area (Å²) in [6.45, 7) is 0.775. The lowest BCUT2D eigenvalue weighted by atomic mass is 10.1.